The lowest BCUT2D eigenvalue weighted by atomic mass is 10.1. The largest absolute Gasteiger partial charge is 0.478 e. The van der Waals surface area contributed by atoms with Crippen molar-refractivity contribution in [3.8, 4) is 0 Å². The molecular formula is C12H18O8. The monoisotopic (exact) mass is 290 g/mol. The Morgan fingerprint density at radius 3 is 1.10 bits per heavy atom. The molecule has 0 aliphatic heterocycles. The van der Waals surface area contributed by atoms with Crippen LogP contribution in [0.1, 0.15) is 27.7 Å². The van der Waals surface area contributed by atoms with Gasteiger partial charge in [-0.25, -0.2) is 9.59 Å². The van der Waals surface area contributed by atoms with Crippen molar-refractivity contribution < 1.29 is 38.9 Å². The first kappa shape index (κ1) is 17.9. The van der Waals surface area contributed by atoms with Crippen LogP contribution in [-0.4, -0.2) is 46.3 Å². The van der Waals surface area contributed by atoms with Gasteiger partial charge in [-0.2, -0.15) is 0 Å². The zero-order valence-corrected chi connectivity index (χ0v) is 11.7. The van der Waals surface area contributed by atoms with Gasteiger partial charge >= 0.3 is 23.9 Å². The zero-order chi connectivity index (χ0) is 16.0. The Labute approximate surface area is 115 Å². The van der Waals surface area contributed by atoms with Gasteiger partial charge in [-0.1, -0.05) is 27.7 Å². The van der Waals surface area contributed by atoms with E-state index in [0.717, 1.165) is 0 Å². The molecule has 0 amide bonds. The second-order valence-corrected chi connectivity index (χ2v) is 4.70. The lowest BCUT2D eigenvalue weighted by molar-refractivity contribution is -0.189. The summed E-state index contributed by atoms with van der Waals surface area (Å²) in [5.41, 5.74) is 0. The van der Waals surface area contributed by atoms with Crippen LogP contribution >= 0.6 is 0 Å². The molecule has 0 heterocycles. The third kappa shape index (κ3) is 5.25. The maximum absolute atomic E-state index is 11.4. The standard InChI is InChI=1S/C12H18O8/c1-5(2)11(17)19-7(9(13)14)8(10(15)16)20-12(18)6(3)4/h5-8H,1-4H3,(H,13,14)(H,15,16). The molecule has 20 heavy (non-hydrogen) atoms. The molecule has 2 atom stereocenters. The fourth-order valence-electron chi connectivity index (χ4n) is 1.01. The zero-order valence-electron chi connectivity index (χ0n) is 11.7. The smallest absolute Gasteiger partial charge is 0.349 e. The molecule has 0 aliphatic rings. The predicted octanol–water partition coefficient (Wildman–Crippen LogP) is 0.291. The highest BCUT2D eigenvalue weighted by Crippen LogP contribution is 2.12. The molecule has 0 aromatic rings. The van der Waals surface area contributed by atoms with E-state index in [1.54, 1.807) is 0 Å². The number of ether oxygens (including phenoxy) is 2. The van der Waals surface area contributed by atoms with E-state index in [-0.39, 0.29) is 0 Å². The van der Waals surface area contributed by atoms with Crippen molar-refractivity contribution >= 4 is 23.9 Å². The lowest BCUT2D eigenvalue weighted by Crippen LogP contribution is -2.46. The van der Waals surface area contributed by atoms with Crippen LogP contribution in [0, 0.1) is 11.8 Å². The number of aliphatic carboxylic acids is 2. The van der Waals surface area contributed by atoms with E-state index in [2.05, 4.69) is 9.47 Å². The molecule has 0 aromatic heterocycles. The van der Waals surface area contributed by atoms with Crippen LogP contribution in [0.25, 0.3) is 0 Å². The summed E-state index contributed by atoms with van der Waals surface area (Å²) in [7, 11) is 0. The van der Waals surface area contributed by atoms with Crippen molar-refractivity contribution in [2.75, 3.05) is 0 Å². The van der Waals surface area contributed by atoms with Crippen LogP contribution in [0.5, 0.6) is 0 Å². The number of rotatable bonds is 7. The van der Waals surface area contributed by atoms with Crippen molar-refractivity contribution in [1.29, 1.82) is 0 Å². The van der Waals surface area contributed by atoms with Crippen LogP contribution in [0.2, 0.25) is 0 Å². The fraction of sp³-hybridized carbons (Fsp3) is 0.667. The number of esters is 2. The van der Waals surface area contributed by atoms with E-state index in [1.807, 2.05) is 0 Å². The van der Waals surface area contributed by atoms with Gasteiger partial charge in [0.1, 0.15) is 0 Å². The Kier molecular flexibility index (Phi) is 6.67. The summed E-state index contributed by atoms with van der Waals surface area (Å²) in [5.74, 6) is -6.50. The summed E-state index contributed by atoms with van der Waals surface area (Å²) in [6.45, 7) is 5.82. The van der Waals surface area contributed by atoms with E-state index in [9.17, 15) is 19.2 Å². The number of carboxylic acids is 2. The molecule has 0 saturated heterocycles. The van der Waals surface area contributed by atoms with E-state index < -0.39 is 47.9 Å². The molecular weight excluding hydrogens is 272 g/mol. The molecule has 2 unspecified atom stereocenters. The first-order chi connectivity index (χ1) is 9.07. The summed E-state index contributed by atoms with van der Waals surface area (Å²) in [6, 6.07) is 0. The summed E-state index contributed by atoms with van der Waals surface area (Å²) in [6.07, 6.45) is -4.19. The predicted molar refractivity (Wildman–Crippen MR) is 64.7 cm³/mol. The molecule has 0 bridgehead atoms. The second-order valence-electron chi connectivity index (χ2n) is 4.70. The molecule has 8 nitrogen and oxygen atoms in total. The quantitative estimate of drug-likeness (QED) is 0.640. The Bertz CT molecular complexity index is 360. The summed E-state index contributed by atoms with van der Waals surface area (Å²) in [4.78, 5) is 44.8. The summed E-state index contributed by atoms with van der Waals surface area (Å²) in [5, 5.41) is 17.9. The average Bonchev–Trinajstić information content (AvgIpc) is 2.31. The van der Waals surface area contributed by atoms with Crippen LogP contribution in [0.15, 0.2) is 0 Å². The van der Waals surface area contributed by atoms with Gasteiger partial charge in [-0.3, -0.25) is 9.59 Å². The van der Waals surface area contributed by atoms with Crippen molar-refractivity contribution in [2.24, 2.45) is 11.8 Å². The van der Waals surface area contributed by atoms with E-state index in [4.69, 9.17) is 10.2 Å². The van der Waals surface area contributed by atoms with Crippen molar-refractivity contribution in [2.45, 2.75) is 39.9 Å². The van der Waals surface area contributed by atoms with Gasteiger partial charge in [0.2, 0.25) is 12.2 Å². The van der Waals surface area contributed by atoms with Crippen LogP contribution in [0.3, 0.4) is 0 Å². The van der Waals surface area contributed by atoms with E-state index in [1.165, 1.54) is 27.7 Å². The Morgan fingerprint density at radius 1 is 0.700 bits per heavy atom. The molecule has 0 saturated carbocycles. The summed E-state index contributed by atoms with van der Waals surface area (Å²) < 4.78 is 9.16. The number of hydrogen-bond acceptors (Lipinski definition) is 6. The minimum Gasteiger partial charge on any atom is -0.478 e. The highest BCUT2D eigenvalue weighted by molar-refractivity contribution is 5.88. The number of carboxylic acid groups (broad SMARTS) is 2. The average molecular weight is 290 g/mol. The second kappa shape index (κ2) is 7.46. The number of hydrogen-bond donors (Lipinski definition) is 2. The van der Waals surface area contributed by atoms with Crippen molar-refractivity contribution in [3.63, 3.8) is 0 Å². The third-order valence-electron chi connectivity index (χ3n) is 2.19. The van der Waals surface area contributed by atoms with Crippen LogP contribution in [-0.2, 0) is 28.7 Å². The Balaban J connectivity index is 5.16. The minimum absolute atomic E-state index is 0.646. The van der Waals surface area contributed by atoms with E-state index in [0.29, 0.717) is 0 Å². The van der Waals surface area contributed by atoms with Crippen LogP contribution < -0.4 is 0 Å². The highest BCUT2D eigenvalue weighted by Gasteiger charge is 2.41. The lowest BCUT2D eigenvalue weighted by Gasteiger charge is -2.22. The maximum atomic E-state index is 11.4. The summed E-state index contributed by atoms with van der Waals surface area (Å²) >= 11 is 0. The molecule has 8 heteroatoms. The molecule has 2 N–H and O–H groups in total. The van der Waals surface area contributed by atoms with Gasteiger partial charge < -0.3 is 19.7 Å². The Morgan fingerprint density at radius 2 is 0.950 bits per heavy atom. The molecule has 0 rings (SSSR count). The number of carbonyl (C=O) groups is 4. The van der Waals surface area contributed by atoms with Gasteiger partial charge in [0.05, 0.1) is 11.8 Å². The molecule has 0 spiro atoms. The first-order valence-corrected chi connectivity index (χ1v) is 5.94. The van der Waals surface area contributed by atoms with Crippen LogP contribution in [0.4, 0.5) is 0 Å². The molecule has 0 radical (unpaired) electrons. The normalized spacial score (nSPS) is 13.7. The molecule has 114 valence electrons. The first-order valence-electron chi connectivity index (χ1n) is 5.94. The fourth-order valence-corrected chi connectivity index (χ4v) is 1.01. The molecule has 0 aliphatic carbocycles. The maximum Gasteiger partial charge on any atom is 0.349 e. The van der Waals surface area contributed by atoms with Gasteiger partial charge in [0.15, 0.2) is 0 Å². The Hall–Kier alpha value is -2.12. The van der Waals surface area contributed by atoms with E-state index >= 15 is 0 Å². The van der Waals surface area contributed by atoms with Gasteiger partial charge in [0, 0.05) is 0 Å². The van der Waals surface area contributed by atoms with Gasteiger partial charge in [0.25, 0.3) is 0 Å². The van der Waals surface area contributed by atoms with Gasteiger partial charge in [-0.05, 0) is 0 Å². The van der Waals surface area contributed by atoms with Gasteiger partial charge in [-0.15, -0.1) is 0 Å². The molecule has 0 fully saturated rings. The third-order valence-corrected chi connectivity index (χ3v) is 2.19. The minimum atomic E-state index is -2.09. The molecule has 0 aromatic carbocycles. The highest BCUT2D eigenvalue weighted by atomic mass is 16.6. The SMILES string of the molecule is CC(C)C(=O)OC(C(=O)O)C(OC(=O)C(C)C)C(=O)O. The van der Waals surface area contributed by atoms with Crippen molar-refractivity contribution in [3.05, 3.63) is 0 Å². The topological polar surface area (TPSA) is 127 Å². The number of carbonyl (C=O) groups excluding carboxylic acids is 2. The van der Waals surface area contributed by atoms with Crippen molar-refractivity contribution in [1.82, 2.24) is 0 Å².